The summed E-state index contributed by atoms with van der Waals surface area (Å²) in [5, 5.41) is 5.31. The molecule has 0 radical (unpaired) electrons. The maximum absolute atomic E-state index is 12.9. The number of benzene rings is 1. The quantitative estimate of drug-likeness (QED) is 0.513. The Morgan fingerprint density at radius 1 is 1.14 bits per heavy atom. The molecule has 0 spiro atoms. The lowest BCUT2D eigenvalue weighted by molar-refractivity contribution is 0.0930. The van der Waals surface area contributed by atoms with Crippen LogP contribution in [0.4, 0.5) is 0 Å². The van der Waals surface area contributed by atoms with Gasteiger partial charge in [-0.15, -0.1) is 23.7 Å². The van der Waals surface area contributed by atoms with Gasteiger partial charge in [-0.3, -0.25) is 9.69 Å². The van der Waals surface area contributed by atoms with Crippen LogP contribution in [0, 0.1) is 0 Å². The molecule has 29 heavy (non-hydrogen) atoms. The second kappa shape index (κ2) is 12.9. The fourth-order valence-electron chi connectivity index (χ4n) is 3.69. The third kappa shape index (κ3) is 7.02. The van der Waals surface area contributed by atoms with Crippen molar-refractivity contribution in [1.29, 1.82) is 0 Å². The highest BCUT2D eigenvalue weighted by atomic mass is 35.5. The Balaban J connectivity index is 0.00000300. The number of para-hydroxylation sites is 1. The summed E-state index contributed by atoms with van der Waals surface area (Å²) in [5.74, 6) is 0.624. The van der Waals surface area contributed by atoms with Gasteiger partial charge in [0.2, 0.25) is 0 Å². The van der Waals surface area contributed by atoms with Crippen LogP contribution in [0.25, 0.3) is 0 Å². The molecule has 0 bridgehead atoms. The van der Waals surface area contributed by atoms with Crippen molar-refractivity contribution in [2.45, 2.75) is 51.5 Å². The lowest BCUT2D eigenvalue weighted by Crippen LogP contribution is -2.38. The molecule has 1 unspecified atom stereocenters. The number of amides is 1. The molecule has 1 atom stereocenters. The first-order valence-corrected chi connectivity index (χ1v) is 11.4. The Bertz CT molecular complexity index is 715. The summed E-state index contributed by atoms with van der Waals surface area (Å²) in [5.41, 5.74) is 0.624. The first-order chi connectivity index (χ1) is 13.8. The SMILES string of the molecule is CCCCOc1ccccc1C(=O)NCC(c1cccs1)N1CCCCCC1.Cl. The molecule has 3 rings (SSSR count). The number of thiophene rings is 1. The third-order valence-corrected chi connectivity index (χ3v) is 6.27. The highest BCUT2D eigenvalue weighted by molar-refractivity contribution is 7.10. The van der Waals surface area contributed by atoms with E-state index in [1.807, 2.05) is 24.3 Å². The van der Waals surface area contributed by atoms with Gasteiger partial charge in [-0.2, -0.15) is 0 Å². The van der Waals surface area contributed by atoms with E-state index in [0.717, 1.165) is 25.9 Å². The number of ether oxygens (including phenoxy) is 1. The van der Waals surface area contributed by atoms with Crippen molar-refractivity contribution in [2.24, 2.45) is 0 Å². The molecule has 0 saturated carbocycles. The largest absolute Gasteiger partial charge is 0.493 e. The van der Waals surface area contributed by atoms with E-state index in [9.17, 15) is 4.79 Å². The van der Waals surface area contributed by atoms with Gasteiger partial charge < -0.3 is 10.1 Å². The molecule has 1 saturated heterocycles. The molecule has 2 heterocycles. The number of unbranched alkanes of at least 4 members (excludes halogenated alkanes) is 1. The normalized spacial score (nSPS) is 15.8. The Hall–Kier alpha value is -1.56. The number of likely N-dealkylation sites (tertiary alicyclic amines) is 1. The number of nitrogens with zero attached hydrogens (tertiary/aromatic N) is 1. The molecule has 4 nitrogen and oxygen atoms in total. The van der Waals surface area contributed by atoms with Gasteiger partial charge in [-0.05, 0) is 55.9 Å². The van der Waals surface area contributed by atoms with Crippen molar-refractivity contribution in [1.82, 2.24) is 10.2 Å². The summed E-state index contributed by atoms with van der Waals surface area (Å²) < 4.78 is 5.84. The minimum atomic E-state index is -0.0523. The summed E-state index contributed by atoms with van der Waals surface area (Å²) in [6.45, 7) is 5.62. The van der Waals surface area contributed by atoms with Crippen molar-refractivity contribution in [3.63, 3.8) is 0 Å². The van der Waals surface area contributed by atoms with E-state index in [0.29, 0.717) is 24.5 Å². The molecule has 1 N–H and O–H groups in total. The number of hydrogen-bond acceptors (Lipinski definition) is 4. The van der Waals surface area contributed by atoms with Gasteiger partial charge in [0, 0.05) is 11.4 Å². The smallest absolute Gasteiger partial charge is 0.255 e. The average Bonchev–Trinajstić information content (AvgIpc) is 3.11. The number of carbonyl (C=O) groups excluding carboxylic acids is 1. The fourth-order valence-corrected chi connectivity index (χ4v) is 4.55. The number of hydrogen-bond donors (Lipinski definition) is 1. The van der Waals surface area contributed by atoms with Crippen molar-refractivity contribution in [3.05, 3.63) is 52.2 Å². The van der Waals surface area contributed by atoms with Crippen molar-refractivity contribution in [2.75, 3.05) is 26.2 Å². The van der Waals surface area contributed by atoms with Crippen molar-refractivity contribution in [3.8, 4) is 5.75 Å². The van der Waals surface area contributed by atoms with Crippen LogP contribution in [0.2, 0.25) is 0 Å². The lowest BCUT2D eigenvalue weighted by atomic mass is 10.1. The molecule has 1 aromatic heterocycles. The number of halogens is 1. The van der Waals surface area contributed by atoms with Gasteiger partial charge in [-0.25, -0.2) is 0 Å². The number of carbonyl (C=O) groups is 1. The third-order valence-electron chi connectivity index (χ3n) is 5.30. The monoisotopic (exact) mass is 436 g/mol. The molecule has 1 aliphatic heterocycles. The summed E-state index contributed by atoms with van der Waals surface area (Å²) >= 11 is 1.78. The first-order valence-electron chi connectivity index (χ1n) is 10.6. The standard InChI is InChI=1S/C23H32N2O2S.ClH/c1-2-3-16-27-21-12-7-6-11-19(21)23(26)24-18-20(22-13-10-17-28-22)25-14-8-4-5-9-15-25;/h6-7,10-13,17,20H,2-5,8-9,14-16,18H2,1H3,(H,24,26);1H. The van der Waals surface area contributed by atoms with Crippen LogP contribution < -0.4 is 10.1 Å². The van der Waals surface area contributed by atoms with Gasteiger partial charge in [0.25, 0.3) is 5.91 Å². The molecule has 2 aromatic rings. The van der Waals surface area contributed by atoms with Gasteiger partial charge in [-0.1, -0.05) is 44.4 Å². The molecule has 160 valence electrons. The number of nitrogens with one attached hydrogen (secondary N) is 1. The van der Waals surface area contributed by atoms with Gasteiger partial charge in [0.1, 0.15) is 5.75 Å². The topological polar surface area (TPSA) is 41.6 Å². The van der Waals surface area contributed by atoms with E-state index < -0.39 is 0 Å². The van der Waals surface area contributed by atoms with Crippen LogP contribution in [0.5, 0.6) is 5.75 Å². The van der Waals surface area contributed by atoms with Crippen LogP contribution in [-0.4, -0.2) is 37.0 Å². The Morgan fingerprint density at radius 2 is 1.90 bits per heavy atom. The predicted molar refractivity (Wildman–Crippen MR) is 124 cm³/mol. The van der Waals surface area contributed by atoms with Gasteiger partial charge >= 0.3 is 0 Å². The predicted octanol–water partition coefficient (Wildman–Crippen LogP) is 5.70. The average molecular weight is 437 g/mol. The Morgan fingerprint density at radius 3 is 2.59 bits per heavy atom. The maximum Gasteiger partial charge on any atom is 0.255 e. The molecular formula is C23H33ClN2O2S. The van der Waals surface area contributed by atoms with Crippen molar-refractivity contribution >= 4 is 29.7 Å². The van der Waals surface area contributed by atoms with E-state index in [2.05, 4.69) is 34.7 Å². The van der Waals surface area contributed by atoms with Gasteiger partial charge in [0.05, 0.1) is 18.2 Å². The first kappa shape index (κ1) is 23.7. The molecule has 0 aliphatic carbocycles. The zero-order valence-corrected chi connectivity index (χ0v) is 18.9. The summed E-state index contributed by atoms with van der Waals surface area (Å²) in [6.07, 6.45) is 7.16. The van der Waals surface area contributed by atoms with E-state index in [-0.39, 0.29) is 24.4 Å². The Labute approximate surface area is 185 Å². The zero-order valence-electron chi connectivity index (χ0n) is 17.3. The molecule has 6 heteroatoms. The Kier molecular flexibility index (Phi) is 10.5. The van der Waals surface area contributed by atoms with Gasteiger partial charge in [0.15, 0.2) is 0 Å². The number of rotatable bonds is 9. The molecule has 1 aliphatic rings. The summed E-state index contributed by atoms with van der Waals surface area (Å²) in [4.78, 5) is 16.8. The minimum absolute atomic E-state index is 0. The van der Waals surface area contributed by atoms with E-state index >= 15 is 0 Å². The minimum Gasteiger partial charge on any atom is -0.493 e. The molecule has 1 amide bonds. The molecule has 1 aromatic carbocycles. The zero-order chi connectivity index (χ0) is 19.6. The second-order valence-electron chi connectivity index (χ2n) is 7.39. The van der Waals surface area contributed by atoms with Crippen LogP contribution in [0.1, 0.15) is 66.7 Å². The van der Waals surface area contributed by atoms with E-state index in [4.69, 9.17) is 4.74 Å². The van der Waals surface area contributed by atoms with Crippen LogP contribution in [-0.2, 0) is 0 Å². The van der Waals surface area contributed by atoms with Crippen molar-refractivity contribution < 1.29 is 9.53 Å². The van der Waals surface area contributed by atoms with E-state index in [1.165, 1.54) is 30.6 Å². The maximum atomic E-state index is 12.9. The van der Waals surface area contributed by atoms with E-state index in [1.54, 1.807) is 11.3 Å². The second-order valence-corrected chi connectivity index (χ2v) is 8.37. The molecule has 1 fully saturated rings. The van der Waals surface area contributed by atoms with Crippen LogP contribution in [0.15, 0.2) is 41.8 Å². The highest BCUT2D eigenvalue weighted by Crippen LogP contribution is 2.27. The summed E-state index contributed by atoms with van der Waals surface area (Å²) in [6, 6.07) is 12.1. The van der Waals surface area contributed by atoms with Crippen LogP contribution in [0.3, 0.4) is 0 Å². The molecular weight excluding hydrogens is 404 g/mol. The lowest BCUT2D eigenvalue weighted by Gasteiger charge is -2.30. The fraction of sp³-hybridized carbons (Fsp3) is 0.522. The highest BCUT2D eigenvalue weighted by Gasteiger charge is 2.23. The van der Waals surface area contributed by atoms with Crippen LogP contribution >= 0.6 is 23.7 Å². The summed E-state index contributed by atoms with van der Waals surface area (Å²) in [7, 11) is 0.